The Hall–Kier alpha value is -1.83. The third-order valence-electron chi connectivity index (χ3n) is 2.73. The van der Waals surface area contributed by atoms with Crippen LogP contribution in [0.5, 0.6) is 0 Å². The molecule has 0 saturated carbocycles. The molecule has 1 atom stereocenters. The van der Waals surface area contributed by atoms with Crippen LogP contribution >= 0.6 is 0 Å². The maximum absolute atomic E-state index is 13.7. The number of hydrogen-bond acceptors (Lipinski definition) is 1. The average molecular weight is 216 g/mol. The highest BCUT2D eigenvalue weighted by Crippen LogP contribution is 2.29. The Morgan fingerprint density at radius 1 is 1.12 bits per heavy atom. The summed E-state index contributed by atoms with van der Waals surface area (Å²) in [4.78, 5) is 0. The number of nitrogens with two attached hydrogens (primary N) is 1. The zero-order chi connectivity index (χ0) is 12.4. The monoisotopic (exact) mass is 216 g/mol. The first-order valence-corrected chi connectivity index (χ1v) is 5.20. The van der Waals surface area contributed by atoms with Crippen LogP contribution in [0.15, 0.2) is 48.5 Å². The molecule has 0 heterocycles. The van der Waals surface area contributed by atoms with Crippen LogP contribution in [0.1, 0.15) is 25.3 Å². The van der Waals surface area contributed by atoms with E-state index < -0.39 is 0 Å². The van der Waals surface area contributed by atoms with Crippen molar-refractivity contribution in [3.05, 3.63) is 65.5 Å². The topological polar surface area (TPSA) is 26.0 Å². The minimum absolute atomic E-state index is 0.218. The summed E-state index contributed by atoms with van der Waals surface area (Å²) < 4.78 is 21.5. The second-order valence-corrected chi connectivity index (χ2v) is 3.78. The summed E-state index contributed by atoms with van der Waals surface area (Å²) in [5.74, 6) is -0.479. The maximum Gasteiger partial charge on any atom is 0.127 e. The standard InChI is InChI=1S/C14H14FN/c1-10(11-6-2-4-8-13(11)15)12-7-3-5-9-14(12)16/h2-10H,16H2,1H3/i7D. The summed E-state index contributed by atoms with van der Waals surface area (Å²) in [5, 5.41) is 0. The molecule has 0 aromatic heterocycles. The van der Waals surface area contributed by atoms with Gasteiger partial charge in [-0.25, -0.2) is 4.39 Å². The SMILES string of the molecule is [2H]c1cccc(N)c1C(C)c1ccccc1F. The van der Waals surface area contributed by atoms with E-state index in [0.29, 0.717) is 22.9 Å². The van der Waals surface area contributed by atoms with Crippen molar-refractivity contribution in [1.82, 2.24) is 0 Å². The van der Waals surface area contributed by atoms with Crippen LogP contribution in [0, 0.1) is 5.82 Å². The van der Waals surface area contributed by atoms with Gasteiger partial charge in [0.05, 0.1) is 1.37 Å². The molecule has 0 bridgehead atoms. The summed E-state index contributed by atoms with van der Waals surface area (Å²) in [6.45, 7) is 1.86. The van der Waals surface area contributed by atoms with Crippen LogP contribution in [0.2, 0.25) is 0 Å². The number of nitrogen functional groups attached to an aromatic ring is 1. The molecule has 0 amide bonds. The lowest BCUT2D eigenvalue weighted by Gasteiger charge is -2.15. The van der Waals surface area contributed by atoms with Gasteiger partial charge in [-0.15, -0.1) is 0 Å². The van der Waals surface area contributed by atoms with E-state index in [1.807, 2.05) is 6.92 Å². The van der Waals surface area contributed by atoms with Crippen LogP contribution in [0.4, 0.5) is 10.1 Å². The molecule has 0 saturated heterocycles. The number of hydrogen-bond donors (Lipinski definition) is 1. The normalized spacial score (nSPS) is 13.2. The molecule has 0 spiro atoms. The number of rotatable bonds is 2. The number of anilines is 1. The minimum atomic E-state index is -0.261. The predicted octanol–water partition coefficient (Wildman–Crippen LogP) is 3.56. The van der Waals surface area contributed by atoms with Gasteiger partial charge in [0.2, 0.25) is 0 Å². The van der Waals surface area contributed by atoms with Crippen molar-refractivity contribution in [3.63, 3.8) is 0 Å². The smallest absolute Gasteiger partial charge is 0.127 e. The molecule has 16 heavy (non-hydrogen) atoms. The molecule has 1 nitrogen and oxygen atoms in total. The van der Waals surface area contributed by atoms with Crippen molar-refractivity contribution in [3.8, 4) is 0 Å². The molecule has 0 aliphatic heterocycles. The van der Waals surface area contributed by atoms with Gasteiger partial charge in [0, 0.05) is 11.6 Å². The van der Waals surface area contributed by atoms with E-state index in [1.54, 1.807) is 36.4 Å². The quantitative estimate of drug-likeness (QED) is 0.763. The molecule has 2 rings (SSSR count). The Balaban J connectivity index is 2.51. The average Bonchev–Trinajstić information content (AvgIpc) is 2.29. The van der Waals surface area contributed by atoms with Crippen molar-refractivity contribution in [1.29, 1.82) is 0 Å². The molecule has 0 fully saturated rings. The summed E-state index contributed by atoms with van der Waals surface area (Å²) in [6, 6.07) is 12.1. The third-order valence-corrected chi connectivity index (χ3v) is 2.73. The van der Waals surface area contributed by atoms with Crippen molar-refractivity contribution in [2.24, 2.45) is 0 Å². The Labute approximate surface area is 96.1 Å². The molecule has 1 unspecified atom stereocenters. The largest absolute Gasteiger partial charge is 0.398 e. The fraction of sp³-hybridized carbons (Fsp3) is 0.143. The molecule has 2 N–H and O–H groups in total. The zero-order valence-corrected chi connectivity index (χ0v) is 9.07. The van der Waals surface area contributed by atoms with Crippen molar-refractivity contribution in [2.75, 3.05) is 5.73 Å². The van der Waals surface area contributed by atoms with Gasteiger partial charge in [-0.3, -0.25) is 0 Å². The molecule has 2 aromatic rings. The van der Waals surface area contributed by atoms with Crippen LogP contribution in [0.25, 0.3) is 0 Å². The van der Waals surface area contributed by atoms with E-state index in [9.17, 15) is 4.39 Å². The Bertz CT molecular complexity index is 519. The van der Waals surface area contributed by atoms with Crippen molar-refractivity contribution in [2.45, 2.75) is 12.8 Å². The summed E-state index contributed by atoms with van der Waals surface area (Å²) in [6.07, 6.45) is 0. The van der Waals surface area contributed by atoms with E-state index in [1.165, 1.54) is 6.07 Å². The first kappa shape index (κ1) is 9.40. The Morgan fingerprint density at radius 2 is 1.81 bits per heavy atom. The number of para-hydroxylation sites is 1. The molecule has 0 aliphatic carbocycles. The van der Waals surface area contributed by atoms with Crippen molar-refractivity contribution >= 4 is 5.69 Å². The zero-order valence-electron chi connectivity index (χ0n) is 10.1. The molecular formula is C14H14FN. The second-order valence-electron chi connectivity index (χ2n) is 3.78. The van der Waals surface area contributed by atoms with E-state index in [-0.39, 0.29) is 11.7 Å². The molecule has 2 aromatic carbocycles. The number of halogens is 1. The van der Waals surface area contributed by atoms with Gasteiger partial charge in [-0.05, 0) is 23.3 Å². The molecule has 2 heteroatoms. The lowest BCUT2D eigenvalue weighted by molar-refractivity contribution is 0.603. The highest BCUT2D eigenvalue weighted by atomic mass is 19.1. The van der Waals surface area contributed by atoms with Gasteiger partial charge < -0.3 is 5.73 Å². The van der Waals surface area contributed by atoms with Crippen LogP contribution < -0.4 is 5.73 Å². The summed E-state index contributed by atoms with van der Waals surface area (Å²) in [7, 11) is 0. The van der Waals surface area contributed by atoms with E-state index in [4.69, 9.17) is 7.10 Å². The molecule has 0 radical (unpaired) electrons. The second kappa shape index (κ2) is 4.35. The highest BCUT2D eigenvalue weighted by Gasteiger charge is 2.14. The van der Waals surface area contributed by atoms with Gasteiger partial charge in [0.15, 0.2) is 0 Å². The van der Waals surface area contributed by atoms with E-state index in [0.717, 1.165) is 0 Å². The summed E-state index contributed by atoms with van der Waals surface area (Å²) >= 11 is 0. The van der Waals surface area contributed by atoms with E-state index in [2.05, 4.69) is 0 Å². The molecule has 82 valence electrons. The third kappa shape index (κ3) is 1.91. The Morgan fingerprint density at radius 3 is 2.50 bits per heavy atom. The fourth-order valence-electron chi connectivity index (χ4n) is 1.82. The van der Waals surface area contributed by atoms with E-state index >= 15 is 0 Å². The van der Waals surface area contributed by atoms with Crippen LogP contribution in [-0.4, -0.2) is 0 Å². The lowest BCUT2D eigenvalue weighted by atomic mass is 9.92. The van der Waals surface area contributed by atoms with Crippen LogP contribution in [0.3, 0.4) is 0 Å². The highest BCUT2D eigenvalue weighted by molar-refractivity contribution is 5.51. The van der Waals surface area contributed by atoms with Gasteiger partial charge in [-0.2, -0.15) is 0 Å². The molecular weight excluding hydrogens is 201 g/mol. The first-order chi connectivity index (χ1) is 8.11. The first-order valence-electron chi connectivity index (χ1n) is 5.70. The molecule has 0 aliphatic rings. The van der Waals surface area contributed by atoms with Crippen molar-refractivity contribution < 1.29 is 5.76 Å². The number of benzene rings is 2. The fourth-order valence-corrected chi connectivity index (χ4v) is 1.82. The minimum Gasteiger partial charge on any atom is -0.398 e. The van der Waals surface area contributed by atoms with Crippen LogP contribution in [-0.2, 0) is 0 Å². The van der Waals surface area contributed by atoms with Gasteiger partial charge in [0.25, 0.3) is 0 Å². The summed E-state index contributed by atoms with van der Waals surface area (Å²) in [5.41, 5.74) is 7.65. The Kier molecular flexibility index (Phi) is 2.56. The van der Waals surface area contributed by atoms with Gasteiger partial charge >= 0.3 is 0 Å². The predicted molar refractivity (Wildman–Crippen MR) is 64.8 cm³/mol. The van der Waals surface area contributed by atoms with Gasteiger partial charge in [0.1, 0.15) is 5.82 Å². The maximum atomic E-state index is 13.7. The van der Waals surface area contributed by atoms with Gasteiger partial charge in [-0.1, -0.05) is 43.3 Å². The lowest BCUT2D eigenvalue weighted by Crippen LogP contribution is -2.02.